The van der Waals surface area contributed by atoms with E-state index in [1.54, 1.807) is 7.05 Å². The van der Waals surface area contributed by atoms with Gasteiger partial charge in [0.05, 0.1) is 13.1 Å². The van der Waals surface area contributed by atoms with E-state index >= 15 is 0 Å². The average molecular weight is 330 g/mol. The molecule has 6 nitrogen and oxygen atoms in total. The Balaban J connectivity index is 1.53. The van der Waals surface area contributed by atoms with Crippen LogP contribution in [0.2, 0.25) is 0 Å². The first-order valence-electron chi connectivity index (χ1n) is 8.71. The summed E-state index contributed by atoms with van der Waals surface area (Å²) in [4.78, 5) is 30.3. The molecule has 0 unspecified atom stereocenters. The fourth-order valence-corrected chi connectivity index (χ4v) is 3.48. The highest BCUT2D eigenvalue weighted by Gasteiger charge is 2.25. The van der Waals surface area contributed by atoms with E-state index in [9.17, 15) is 9.59 Å². The highest BCUT2D eigenvalue weighted by molar-refractivity contribution is 5.82. The molecule has 6 heteroatoms. The van der Waals surface area contributed by atoms with Gasteiger partial charge in [0.25, 0.3) is 0 Å². The highest BCUT2D eigenvalue weighted by atomic mass is 16.2. The zero-order chi connectivity index (χ0) is 16.9. The lowest BCUT2D eigenvalue weighted by molar-refractivity contribution is -0.131. The summed E-state index contributed by atoms with van der Waals surface area (Å²) in [6, 6.07) is 8.38. The summed E-state index contributed by atoms with van der Waals surface area (Å²) >= 11 is 0. The molecule has 0 radical (unpaired) electrons. The summed E-state index contributed by atoms with van der Waals surface area (Å²) in [7, 11) is 1.65. The number of rotatable bonds is 4. The lowest BCUT2D eigenvalue weighted by Crippen LogP contribution is -2.53. The lowest BCUT2D eigenvalue weighted by Gasteiger charge is -2.37. The van der Waals surface area contributed by atoms with Gasteiger partial charge in [0.15, 0.2) is 0 Å². The van der Waals surface area contributed by atoms with Gasteiger partial charge >= 0.3 is 0 Å². The second-order valence-corrected chi connectivity index (χ2v) is 6.48. The number of nitrogens with one attached hydrogen (secondary N) is 1. The van der Waals surface area contributed by atoms with Gasteiger partial charge in [-0.3, -0.25) is 14.5 Å². The maximum absolute atomic E-state index is 12.6. The number of anilines is 1. The highest BCUT2D eigenvalue weighted by Crippen LogP contribution is 2.26. The zero-order valence-electron chi connectivity index (χ0n) is 14.3. The predicted octanol–water partition coefficient (Wildman–Crippen LogP) is 0.329. The van der Waals surface area contributed by atoms with Crippen molar-refractivity contribution in [2.75, 3.05) is 57.8 Å². The molecule has 1 N–H and O–H groups in total. The number of piperazine rings is 1. The molecule has 0 atom stereocenters. The third-order valence-electron chi connectivity index (χ3n) is 4.90. The number of hydrogen-bond donors (Lipinski definition) is 1. The van der Waals surface area contributed by atoms with Gasteiger partial charge in [-0.05, 0) is 24.5 Å². The van der Waals surface area contributed by atoms with Crippen molar-refractivity contribution in [1.82, 2.24) is 15.1 Å². The molecular formula is C18H26N4O2. The normalized spacial score (nSPS) is 18.2. The molecule has 24 heavy (non-hydrogen) atoms. The van der Waals surface area contributed by atoms with Crippen molar-refractivity contribution in [3.63, 3.8) is 0 Å². The van der Waals surface area contributed by atoms with Crippen molar-refractivity contribution in [3.8, 4) is 0 Å². The predicted molar refractivity (Wildman–Crippen MR) is 94.1 cm³/mol. The van der Waals surface area contributed by atoms with Gasteiger partial charge in [-0.2, -0.15) is 0 Å². The number of para-hydroxylation sites is 1. The van der Waals surface area contributed by atoms with Gasteiger partial charge in [0, 0.05) is 45.5 Å². The van der Waals surface area contributed by atoms with Crippen molar-refractivity contribution in [1.29, 1.82) is 0 Å². The molecule has 3 rings (SSSR count). The molecule has 2 amide bonds. The third kappa shape index (κ3) is 3.87. The SMILES string of the molecule is CNC(=O)CN1CCN(C(=O)CN2CCCc3ccccc32)CC1. The van der Waals surface area contributed by atoms with E-state index in [1.165, 1.54) is 11.3 Å². The second-order valence-electron chi connectivity index (χ2n) is 6.48. The van der Waals surface area contributed by atoms with Crippen LogP contribution in [0.4, 0.5) is 5.69 Å². The molecule has 0 bridgehead atoms. The second kappa shape index (κ2) is 7.66. The Morgan fingerprint density at radius 2 is 1.79 bits per heavy atom. The first-order chi connectivity index (χ1) is 11.7. The summed E-state index contributed by atoms with van der Waals surface area (Å²) in [5.74, 6) is 0.214. The number of likely N-dealkylation sites (N-methyl/N-ethyl adjacent to an activating group) is 1. The molecule has 1 aromatic carbocycles. The Kier molecular flexibility index (Phi) is 5.35. The molecule has 2 heterocycles. The molecule has 2 aliphatic heterocycles. The standard InChI is InChI=1S/C18H26N4O2/c1-19-17(23)13-20-9-11-21(12-10-20)18(24)14-22-8-4-6-15-5-2-3-7-16(15)22/h2-3,5,7H,4,6,8-14H2,1H3,(H,19,23). The first kappa shape index (κ1) is 16.8. The maximum Gasteiger partial charge on any atom is 0.242 e. The van der Waals surface area contributed by atoms with E-state index in [1.807, 2.05) is 11.0 Å². The molecular weight excluding hydrogens is 304 g/mol. The molecule has 1 fully saturated rings. The van der Waals surface area contributed by atoms with Crippen LogP contribution in [-0.4, -0.2) is 74.5 Å². The van der Waals surface area contributed by atoms with Gasteiger partial charge in [-0.1, -0.05) is 18.2 Å². The largest absolute Gasteiger partial charge is 0.362 e. The van der Waals surface area contributed by atoms with Crippen LogP contribution in [0, 0.1) is 0 Å². The summed E-state index contributed by atoms with van der Waals surface area (Å²) < 4.78 is 0. The van der Waals surface area contributed by atoms with Crippen LogP contribution < -0.4 is 10.2 Å². The summed E-state index contributed by atoms with van der Waals surface area (Å²) in [6.45, 7) is 4.73. The lowest BCUT2D eigenvalue weighted by atomic mass is 10.0. The summed E-state index contributed by atoms with van der Waals surface area (Å²) in [6.07, 6.45) is 2.20. The molecule has 2 aliphatic rings. The van der Waals surface area contributed by atoms with Crippen LogP contribution in [0.25, 0.3) is 0 Å². The summed E-state index contributed by atoms with van der Waals surface area (Å²) in [5.41, 5.74) is 2.54. The van der Waals surface area contributed by atoms with E-state index in [2.05, 4.69) is 33.3 Å². The third-order valence-corrected chi connectivity index (χ3v) is 4.90. The molecule has 1 aromatic rings. The van der Waals surface area contributed by atoms with Crippen molar-refractivity contribution in [2.24, 2.45) is 0 Å². The molecule has 0 spiro atoms. The number of benzene rings is 1. The van der Waals surface area contributed by atoms with Crippen LogP contribution in [-0.2, 0) is 16.0 Å². The van der Waals surface area contributed by atoms with Crippen LogP contribution >= 0.6 is 0 Å². The Morgan fingerprint density at radius 3 is 2.54 bits per heavy atom. The minimum atomic E-state index is 0.0275. The molecule has 0 saturated carbocycles. The van der Waals surface area contributed by atoms with Crippen molar-refractivity contribution >= 4 is 17.5 Å². The number of amides is 2. The number of nitrogens with zero attached hydrogens (tertiary/aromatic N) is 3. The van der Waals surface area contributed by atoms with Gasteiger partial charge in [0.1, 0.15) is 0 Å². The van der Waals surface area contributed by atoms with Crippen LogP contribution in [0.1, 0.15) is 12.0 Å². The Hall–Kier alpha value is -2.08. The topological polar surface area (TPSA) is 55.9 Å². The van der Waals surface area contributed by atoms with E-state index in [4.69, 9.17) is 0 Å². The van der Waals surface area contributed by atoms with Crippen LogP contribution in [0.5, 0.6) is 0 Å². The molecule has 130 valence electrons. The van der Waals surface area contributed by atoms with E-state index in [0.29, 0.717) is 26.2 Å². The molecule has 0 aliphatic carbocycles. The van der Waals surface area contributed by atoms with E-state index in [0.717, 1.165) is 32.5 Å². The number of fused-ring (bicyclic) bond motifs is 1. The number of aryl methyl sites for hydroxylation is 1. The van der Waals surface area contributed by atoms with Gasteiger partial charge in [-0.25, -0.2) is 0 Å². The van der Waals surface area contributed by atoms with Crippen molar-refractivity contribution in [3.05, 3.63) is 29.8 Å². The molecule has 1 saturated heterocycles. The Morgan fingerprint density at radius 1 is 1.04 bits per heavy atom. The minimum Gasteiger partial charge on any atom is -0.362 e. The Labute approximate surface area is 143 Å². The Bertz CT molecular complexity index is 596. The smallest absolute Gasteiger partial charge is 0.242 e. The quantitative estimate of drug-likeness (QED) is 0.864. The van der Waals surface area contributed by atoms with Crippen LogP contribution in [0.3, 0.4) is 0 Å². The minimum absolute atomic E-state index is 0.0275. The number of hydrogen-bond acceptors (Lipinski definition) is 4. The van der Waals surface area contributed by atoms with Gasteiger partial charge in [-0.15, -0.1) is 0 Å². The number of carbonyl (C=O) groups is 2. The fourth-order valence-electron chi connectivity index (χ4n) is 3.48. The summed E-state index contributed by atoms with van der Waals surface area (Å²) in [5, 5.41) is 2.64. The van der Waals surface area contributed by atoms with Gasteiger partial charge in [0.2, 0.25) is 11.8 Å². The first-order valence-corrected chi connectivity index (χ1v) is 8.71. The van der Waals surface area contributed by atoms with Crippen LogP contribution in [0.15, 0.2) is 24.3 Å². The van der Waals surface area contributed by atoms with Crippen molar-refractivity contribution < 1.29 is 9.59 Å². The van der Waals surface area contributed by atoms with E-state index < -0.39 is 0 Å². The fraction of sp³-hybridized carbons (Fsp3) is 0.556. The maximum atomic E-state index is 12.6. The molecule has 0 aromatic heterocycles. The zero-order valence-corrected chi connectivity index (χ0v) is 14.3. The van der Waals surface area contributed by atoms with E-state index in [-0.39, 0.29) is 11.8 Å². The van der Waals surface area contributed by atoms with Crippen molar-refractivity contribution in [2.45, 2.75) is 12.8 Å². The van der Waals surface area contributed by atoms with Gasteiger partial charge < -0.3 is 15.1 Å². The monoisotopic (exact) mass is 330 g/mol. The average Bonchev–Trinajstić information content (AvgIpc) is 2.62. The number of carbonyl (C=O) groups excluding carboxylic acids is 2.